The normalized spacial score (nSPS) is 13.1. The highest BCUT2D eigenvalue weighted by Gasteiger charge is 2.30. The molecule has 1 aromatic rings. The van der Waals surface area contributed by atoms with Crippen molar-refractivity contribution in [1.82, 2.24) is 5.32 Å². The average molecular weight is 332 g/mol. The minimum atomic E-state index is -1.00. The molecule has 0 heterocycles. The number of nitrogens with one attached hydrogen (secondary N) is 1. The molecule has 24 heavy (non-hydrogen) atoms. The summed E-state index contributed by atoms with van der Waals surface area (Å²) in [5, 5.41) is 11.7. The van der Waals surface area contributed by atoms with E-state index in [4.69, 9.17) is 14.7 Å². The Morgan fingerprint density at radius 1 is 1.21 bits per heavy atom. The first kappa shape index (κ1) is 19.5. The number of rotatable bonds is 7. The molecule has 1 rings (SSSR count). The average Bonchev–Trinajstić information content (AvgIpc) is 2.52. The standard InChI is InChI=1S/C18H24N2O4/c1-12(2)18(5,11-19)20-16(21)10-23-17(22)14-6-8-15(9-7-14)24-13(3)4/h6-9,12-13H,10H2,1-5H3,(H,20,21). The molecule has 0 aromatic heterocycles. The molecule has 6 heteroatoms. The lowest BCUT2D eigenvalue weighted by atomic mass is 9.90. The number of hydrogen-bond acceptors (Lipinski definition) is 5. The van der Waals surface area contributed by atoms with Gasteiger partial charge in [-0.25, -0.2) is 4.79 Å². The Kier molecular flexibility index (Phi) is 6.78. The Morgan fingerprint density at radius 2 is 1.79 bits per heavy atom. The van der Waals surface area contributed by atoms with E-state index in [2.05, 4.69) is 11.4 Å². The van der Waals surface area contributed by atoms with Gasteiger partial charge < -0.3 is 14.8 Å². The largest absolute Gasteiger partial charge is 0.491 e. The molecule has 0 spiro atoms. The number of ether oxygens (including phenoxy) is 2. The quantitative estimate of drug-likeness (QED) is 0.776. The summed E-state index contributed by atoms with van der Waals surface area (Å²) in [7, 11) is 0. The van der Waals surface area contributed by atoms with Gasteiger partial charge in [-0.1, -0.05) is 13.8 Å². The zero-order valence-electron chi connectivity index (χ0n) is 14.8. The Morgan fingerprint density at radius 3 is 2.25 bits per heavy atom. The van der Waals surface area contributed by atoms with E-state index in [1.807, 2.05) is 27.7 Å². The first-order valence-electron chi connectivity index (χ1n) is 7.84. The maximum Gasteiger partial charge on any atom is 0.338 e. The molecule has 0 aliphatic heterocycles. The van der Waals surface area contributed by atoms with Crippen LogP contribution in [-0.2, 0) is 9.53 Å². The molecular weight excluding hydrogens is 308 g/mol. The van der Waals surface area contributed by atoms with Crippen LogP contribution in [0.3, 0.4) is 0 Å². The molecule has 0 saturated carbocycles. The van der Waals surface area contributed by atoms with Crippen LogP contribution >= 0.6 is 0 Å². The molecule has 0 fully saturated rings. The Hall–Kier alpha value is -2.55. The smallest absolute Gasteiger partial charge is 0.338 e. The molecule has 130 valence electrons. The van der Waals surface area contributed by atoms with Crippen LogP contribution in [0.25, 0.3) is 0 Å². The molecule has 0 saturated heterocycles. The summed E-state index contributed by atoms with van der Waals surface area (Å²) >= 11 is 0. The SMILES string of the molecule is CC(C)Oc1ccc(C(=O)OCC(=O)NC(C)(C#N)C(C)C)cc1. The van der Waals surface area contributed by atoms with Crippen LogP contribution in [0.4, 0.5) is 0 Å². The molecule has 0 aliphatic carbocycles. The van der Waals surface area contributed by atoms with Gasteiger partial charge in [-0.15, -0.1) is 0 Å². The van der Waals surface area contributed by atoms with Gasteiger partial charge in [0.2, 0.25) is 0 Å². The zero-order chi connectivity index (χ0) is 18.3. The van der Waals surface area contributed by atoms with Crippen LogP contribution in [0.15, 0.2) is 24.3 Å². The summed E-state index contributed by atoms with van der Waals surface area (Å²) in [4.78, 5) is 23.8. The van der Waals surface area contributed by atoms with Crippen molar-refractivity contribution in [2.45, 2.75) is 46.3 Å². The second-order valence-electron chi connectivity index (χ2n) is 6.28. The van der Waals surface area contributed by atoms with E-state index in [1.165, 1.54) is 0 Å². The second kappa shape index (κ2) is 8.34. The molecule has 6 nitrogen and oxygen atoms in total. The fourth-order valence-electron chi connectivity index (χ4n) is 1.78. The third kappa shape index (κ3) is 5.58. The van der Waals surface area contributed by atoms with Crippen molar-refractivity contribution in [3.63, 3.8) is 0 Å². The van der Waals surface area contributed by atoms with Crippen LogP contribution in [0.2, 0.25) is 0 Å². The van der Waals surface area contributed by atoms with E-state index >= 15 is 0 Å². The lowest BCUT2D eigenvalue weighted by Crippen LogP contribution is -2.50. The first-order valence-corrected chi connectivity index (χ1v) is 7.84. The summed E-state index contributed by atoms with van der Waals surface area (Å²) in [6, 6.07) is 8.55. The monoisotopic (exact) mass is 332 g/mol. The van der Waals surface area contributed by atoms with Crippen molar-refractivity contribution in [2.24, 2.45) is 5.92 Å². The van der Waals surface area contributed by atoms with Crippen molar-refractivity contribution in [1.29, 1.82) is 5.26 Å². The van der Waals surface area contributed by atoms with Gasteiger partial charge in [0.25, 0.3) is 5.91 Å². The van der Waals surface area contributed by atoms with Gasteiger partial charge in [0, 0.05) is 0 Å². The number of carbonyl (C=O) groups is 2. The van der Waals surface area contributed by atoms with Gasteiger partial charge in [-0.3, -0.25) is 4.79 Å². The summed E-state index contributed by atoms with van der Waals surface area (Å²) in [5.41, 5.74) is -0.676. The van der Waals surface area contributed by atoms with Crippen molar-refractivity contribution >= 4 is 11.9 Å². The molecule has 0 bridgehead atoms. The highest BCUT2D eigenvalue weighted by molar-refractivity contribution is 5.91. The van der Waals surface area contributed by atoms with Crippen molar-refractivity contribution in [3.05, 3.63) is 29.8 Å². The second-order valence-corrected chi connectivity index (χ2v) is 6.28. The molecule has 1 aromatic carbocycles. The molecule has 1 amide bonds. The van der Waals surface area contributed by atoms with Crippen LogP contribution in [0, 0.1) is 17.2 Å². The van der Waals surface area contributed by atoms with E-state index in [0.29, 0.717) is 11.3 Å². The maximum absolute atomic E-state index is 11.9. The minimum Gasteiger partial charge on any atom is -0.491 e. The Balaban J connectivity index is 2.57. The van der Waals surface area contributed by atoms with Gasteiger partial charge in [0.15, 0.2) is 6.61 Å². The maximum atomic E-state index is 11.9. The van der Waals surface area contributed by atoms with Crippen LogP contribution in [0.1, 0.15) is 45.0 Å². The third-order valence-electron chi connectivity index (χ3n) is 3.58. The summed E-state index contributed by atoms with van der Waals surface area (Å²) in [5.74, 6) is -0.540. The van der Waals surface area contributed by atoms with E-state index < -0.39 is 24.0 Å². The number of carbonyl (C=O) groups excluding carboxylic acids is 2. The predicted octanol–water partition coefficient (Wildman–Crippen LogP) is 2.69. The third-order valence-corrected chi connectivity index (χ3v) is 3.58. The van der Waals surface area contributed by atoms with E-state index in [9.17, 15) is 9.59 Å². The predicted molar refractivity (Wildman–Crippen MR) is 89.5 cm³/mol. The number of benzene rings is 1. The van der Waals surface area contributed by atoms with Gasteiger partial charge >= 0.3 is 5.97 Å². The zero-order valence-corrected chi connectivity index (χ0v) is 14.8. The van der Waals surface area contributed by atoms with E-state index in [-0.39, 0.29) is 12.0 Å². The van der Waals surface area contributed by atoms with Gasteiger partial charge in [-0.05, 0) is 51.0 Å². The van der Waals surface area contributed by atoms with Crippen LogP contribution in [0.5, 0.6) is 5.75 Å². The molecular formula is C18H24N2O4. The van der Waals surface area contributed by atoms with E-state index in [0.717, 1.165) is 0 Å². The minimum absolute atomic E-state index is 0.0434. The summed E-state index contributed by atoms with van der Waals surface area (Å²) in [6.45, 7) is 8.67. The fraction of sp³-hybridized carbons (Fsp3) is 0.500. The highest BCUT2D eigenvalue weighted by Crippen LogP contribution is 2.16. The molecule has 0 aliphatic rings. The molecule has 1 N–H and O–H groups in total. The van der Waals surface area contributed by atoms with Crippen molar-refractivity contribution in [3.8, 4) is 11.8 Å². The Labute approximate surface area is 142 Å². The lowest BCUT2D eigenvalue weighted by Gasteiger charge is -2.27. The number of amides is 1. The highest BCUT2D eigenvalue weighted by atomic mass is 16.5. The number of nitrogens with zero attached hydrogens (tertiary/aromatic N) is 1. The number of hydrogen-bond donors (Lipinski definition) is 1. The van der Waals surface area contributed by atoms with Crippen LogP contribution < -0.4 is 10.1 Å². The number of nitriles is 1. The lowest BCUT2D eigenvalue weighted by molar-refractivity contribution is -0.125. The van der Waals surface area contributed by atoms with E-state index in [1.54, 1.807) is 31.2 Å². The molecule has 1 atom stereocenters. The van der Waals surface area contributed by atoms with Crippen LogP contribution in [-0.4, -0.2) is 30.1 Å². The topological polar surface area (TPSA) is 88.4 Å². The molecule has 0 radical (unpaired) electrons. The summed E-state index contributed by atoms with van der Waals surface area (Å²) < 4.78 is 10.5. The van der Waals surface area contributed by atoms with Gasteiger partial charge in [-0.2, -0.15) is 5.26 Å². The summed E-state index contributed by atoms with van der Waals surface area (Å²) in [6.07, 6.45) is 0.0434. The van der Waals surface area contributed by atoms with Gasteiger partial charge in [0.05, 0.1) is 17.7 Å². The first-order chi connectivity index (χ1) is 11.2. The van der Waals surface area contributed by atoms with Gasteiger partial charge in [0.1, 0.15) is 11.3 Å². The molecule has 1 unspecified atom stereocenters. The van der Waals surface area contributed by atoms with Crippen molar-refractivity contribution in [2.75, 3.05) is 6.61 Å². The fourth-order valence-corrected chi connectivity index (χ4v) is 1.78. The van der Waals surface area contributed by atoms with Crippen molar-refractivity contribution < 1.29 is 19.1 Å². The Bertz CT molecular complexity index is 617. The number of esters is 1.